The number of likely N-dealkylation sites (tertiary alicyclic amines) is 1. The van der Waals surface area contributed by atoms with Gasteiger partial charge >= 0.3 is 17.8 Å². The lowest BCUT2D eigenvalue weighted by Gasteiger charge is -2.51. The van der Waals surface area contributed by atoms with Gasteiger partial charge in [-0.2, -0.15) is 13.2 Å². The highest BCUT2D eigenvalue weighted by molar-refractivity contribution is 5.83. The summed E-state index contributed by atoms with van der Waals surface area (Å²) in [5.74, 6) is -2.17. The third-order valence-electron chi connectivity index (χ3n) is 4.47. The first kappa shape index (κ1) is 17.6. The van der Waals surface area contributed by atoms with Crippen molar-refractivity contribution in [2.75, 3.05) is 13.2 Å². The lowest BCUT2D eigenvalue weighted by molar-refractivity contribution is -0.222. The van der Waals surface area contributed by atoms with Crippen LogP contribution in [0.4, 0.5) is 13.2 Å². The number of ether oxygens (including phenoxy) is 1. The maximum Gasteiger partial charge on any atom is 0.471 e. The molecule has 2 saturated heterocycles. The Labute approximate surface area is 137 Å². The summed E-state index contributed by atoms with van der Waals surface area (Å²) in [6, 6.07) is -1.48. The minimum absolute atomic E-state index is 0.107. The summed E-state index contributed by atoms with van der Waals surface area (Å²) in [5.41, 5.74) is -3.12. The molecule has 0 spiro atoms. The van der Waals surface area contributed by atoms with E-state index in [1.165, 1.54) is 6.92 Å². The fraction of sp³-hybridized carbons (Fsp3) is 0.615. The van der Waals surface area contributed by atoms with Crippen molar-refractivity contribution < 1.29 is 32.9 Å². The van der Waals surface area contributed by atoms with E-state index in [9.17, 15) is 37.8 Å². The van der Waals surface area contributed by atoms with Gasteiger partial charge in [-0.1, -0.05) is 0 Å². The number of aromatic amines is 1. The van der Waals surface area contributed by atoms with E-state index in [-0.39, 0.29) is 5.56 Å². The molecule has 1 amide bonds. The number of aliphatic hydroxyl groups excluding tert-OH is 2. The summed E-state index contributed by atoms with van der Waals surface area (Å²) in [7, 11) is 0. The normalized spacial score (nSPS) is 31.6. The number of carbonyl (C=O) groups excluding carboxylic acids is 1. The first-order valence-corrected chi connectivity index (χ1v) is 7.18. The van der Waals surface area contributed by atoms with Crippen molar-refractivity contribution in [1.82, 2.24) is 14.5 Å². The molecule has 0 saturated carbocycles. The molecule has 4 atom stereocenters. The molecular weight excluding hydrogens is 351 g/mol. The van der Waals surface area contributed by atoms with Crippen molar-refractivity contribution >= 4 is 5.91 Å². The molecule has 25 heavy (non-hydrogen) atoms. The summed E-state index contributed by atoms with van der Waals surface area (Å²) < 4.78 is 44.2. The van der Waals surface area contributed by atoms with Gasteiger partial charge in [0.1, 0.15) is 11.7 Å². The molecule has 1 aromatic rings. The van der Waals surface area contributed by atoms with Crippen LogP contribution in [0.25, 0.3) is 0 Å². The Morgan fingerprint density at radius 2 is 2.12 bits per heavy atom. The number of hydrogen-bond donors (Lipinski definition) is 3. The molecule has 3 N–H and O–H groups in total. The molecule has 9 nitrogen and oxygen atoms in total. The van der Waals surface area contributed by atoms with Crippen molar-refractivity contribution in [2.24, 2.45) is 0 Å². The standard InChI is InChI=1S/C13H14F3N3O6/c1-5-2-18(11(24)17-8(5)22)9-6(21)7-12(4-20,25-9)3-19(7)10(23)13(14,15)16/h2,6-7,9,20-21H,3-4H2,1H3,(H,17,22,24)/t6-,7+,9-,12-/m1/s1. The Morgan fingerprint density at radius 3 is 2.68 bits per heavy atom. The number of hydrogen-bond acceptors (Lipinski definition) is 6. The van der Waals surface area contributed by atoms with E-state index in [1.54, 1.807) is 0 Å². The van der Waals surface area contributed by atoms with Gasteiger partial charge in [-0.15, -0.1) is 0 Å². The molecule has 0 aliphatic carbocycles. The molecule has 2 aliphatic rings. The Balaban J connectivity index is 1.97. The van der Waals surface area contributed by atoms with Crippen LogP contribution in [0.5, 0.6) is 0 Å². The zero-order valence-corrected chi connectivity index (χ0v) is 12.8. The number of nitrogens with one attached hydrogen (secondary N) is 1. The van der Waals surface area contributed by atoms with E-state index in [0.29, 0.717) is 4.90 Å². The number of aliphatic hydroxyl groups is 2. The van der Waals surface area contributed by atoms with Gasteiger partial charge in [0.05, 0.1) is 19.2 Å². The number of amides is 1. The van der Waals surface area contributed by atoms with Crippen LogP contribution >= 0.6 is 0 Å². The SMILES string of the molecule is Cc1cn([C@@H]2O[C@@]3(CO)CN(C(=O)C(F)(F)F)[C@H]3[C@H]2O)c(=O)[nH]c1=O. The summed E-state index contributed by atoms with van der Waals surface area (Å²) in [6.07, 6.45) is -7.24. The number of alkyl halides is 3. The van der Waals surface area contributed by atoms with Crippen LogP contribution in [0.3, 0.4) is 0 Å². The van der Waals surface area contributed by atoms with Gasteiger partial charge in [0.25, 0.3) is 5.56 Å². The van der Waals surface area contributed by atoms with E-state index < -0.39 is 60.5 Å². The van der Waals surface area contributed by atoms with E-state index in [1.807, 2.05) is 4.98 Å². The summed E-state index contributed by atoms with van der Waals surface area (Å²) >= 11 is 0. The Kier molecular flexibility index (Phi) is 3.82. The van der Waals surface area contributed by atoms with Gasteiger partial charge in [0.2, 0.25) is 0 Å². The third kappa shape index (κ3) is 2.48. The molecular formula is C13H14F3N3O6. The van der Waals surface area contributed by atoms with E-state index in [4.69, 9.17) is 4.74 Å². The smallest absolute Gasteiger partial charge is 0.393 e. The largest absolute Gasteiger partial charge is 0.471 e. The number of H-pyrrole nitrogens is 1. The molecule has 0 radical (unpaired) electrons. The van der Waals surface area contributed by atoms with E-state index >= 15 is 0 Å². The quantitative estimate of drug-likeness (QED) is 0.570. The van der Waals surface area contributed by atoms with Crippen molar-refractivity contribution in [3.05, 3.63) is 32.6 Å². The Hall–Kier alpha value is -2.18. The average Bonchev–Trinajstić information content (AvgIpc) is 2.70. The molecule has 3 heterocycles. The van der Waals surface area contributed by atoms with Gasteiger partial charge in [0.15, 0.2) is 6.23 Å². The number of aromatic nitrogens is 2. The predicted octanol–water partition coefficient (Wildman–Crippen LogP) is -1.76. The highest BCUT2D eigenvalue weighted by Crippen LogP contribution is 2.47. The fourth-order valence-electron chi connectivity index (χ4n) is 3.26. The van der Waals surface area contributed by atoms with Crippen LogP contribution in [0.15, 0.2) is 15.8 Å². The summed E-state index contributed by atoms with van der Waals surface area (Å²) in [5, 5.41) is 19.8. The first-order valence-electron chi connectivity index (χ1n) is 7.18. The lowest BCUT2D eigenvalue weighted by atomic mass is 9.82. The second-order valence-corrected chi connectivity index (χ2v) is 6.08. The minimum Gasteiger partial charge on any atom is -0.393 e. The number of fused-ring (bicyclic) bond motifs is 1. The van der Waals surface area contributed by atoms with Crippen molar-refractivity contribution in [2.45, 2.75) is 37.1 Å². The van der Waals surface area contributed by atoms with Crippen LogP contribution in [-0.2, 0) is 9.53 Å². The molecule has 1 aromatic heterocycles. The van der Waals surface area contributed by atoms with E-state index in [2.05, 4.69) is 0 Å². The molecule has 2 aliphatic heterocycles. The number of carbonyl (C=O) groups is 1. The maximum atomic E-state index is 12.6. The summed E-state index contributed by atoms with van der Waals surface area (Å²) in [4.78, 5) is 37.1. The monoisotopic (exact) mass is 365 g/mol. The molecule has 2 fully saturated rings. The highest BCUT2D eigenvalue weighted by atomic mass is 19.4. The molecule has 0 unspecified atom stereocenters. The van der Waals surface area contributed by atoms with Crippen LogP contribution in [0, 0.1) is 6.92 Å². The topological polar surface area (TPSA) is 125 Å². The zero-order chi connectivity index (χ0) is 18.7. The second-order valence-electron chi connectivity index (χ2n) is 6.08. The van der Waals surface area contributed by atoms with Crippen molar-refractivity contribution in [3.8, 4) is 0 Å². The van der Waals surface area contributed by atoms with Crippen LogP contribution in [0.2, 0.25) is 0 Å². The van der Waals surface area contributed by atoms with Crippen LogP contribution in [-0.4, -0.2) is 67.6 Å². The van der Waals surface area contributed by atoms with Gasteiger partial charge in [0, 0.05) is 11.8 Å². The maximum absolute atomic E-state index is 12.6. The number of rotatable bonds is 2. The molecule has 3 rings (SSSR count). The fourth-order valence-corrected chi connectivity index (χ4v) is 3.26. The second kappa shape index (κ2) is 5.41. The van der Waals surface area contributed by atoms with E-state index in [0.717, 1.165) is 10.8 Å². The van der Waals surface area contributed by atoms with Crippen LogP contribution < -0.4 is 11.2 Å². The van der Waals surface area contributed by atoms with Crippen molar-refractivity contribution in [1.29, 1.82) is 0 Å². The van der Waals surface area contributed by atoms with Crippen LogP contribution in [0.1, 0.15) is 11.8 Å². The van der Waals surface area contributed by atoms with Gasteiger partial charge < -0.3 is 19.8 Å². The number of halogens is 3. The molecule has 138 valence electrons. The van der Waals surface area contributed by atoms with Gasteiger partial charge in [-0.3, -0.25) is 19.1 Å². The number of aryl methyl sites for hydroxylation is 1. The Bertz CT molecular complexity index is 834. The van der Waals surface area contributed by atoms with Gasteiger partial charge in [-0.25, -0.2) is 4.79 Å². The van der Waals surface area contributed by atoms with Gasteiger partial charge in [-0.05, 0) is 6.92 Å². The Morgan fingerprint density at radius 1 is 1.48 bits per heavy atom. The summed E-state index contributed by atoms with van der Waals surface area (Å²) in [6.45, 7) is 0.0348. The number of nitrogens with zero attached hydrogens (tertiary/aromatic N) is 2. The minimum atomic E-state index is -5.15. The zero-order valence-electron chi connectivity index (χ0n) is 12.8. The third-order valence-corrected chi connectivity index (χ3v) is 4.47. The van der Waals surface area contributed by atoms with Crippen molar-refractivity contribution in [3.63, 3.8) is 0 Å². The predicted molar refractivity (Wildman–Crippen MR) is 73.6 cm³/mol. The molecule has 0 aromatic carbocycles. The highest BCUT2D eigenvalue weighted by Gasteiger charge is 2.68. The molecule has 12 heteroatoms. The first-order chi connectivity index (χ1) is 11.5. The average molecular weight is 365 g/mol. The molecule has 0 bridgehead atoms. The lowest BCUT2D eigenvalue weighted by Crippen LogP contribution is -2.74.